The van der Waals surface area contributed by atoms with E-state index in [4.69, 9.17) is 15.6 Å². The van der Waals surface area contributed by atoms with Crippen LogP contribution in [0.4, 0.5) is 0 Å². The van der Waals surface area contributed by atoms with E-state index in [9.17, 15) is 27.4 Å². The van der Waals surface area contributed by atoms with Gasteiger partial charge in [-0.15, -0.1) is 0 Å². The zero-order valence-electron chi connectivity index (χ0n) is 20.7. The van der Waals surface area contributed by atoms with Crippen molar-refractivity contribution in [2.45, 2.75) is 65.0 Å². The Morgan fingerprint density at radius 3 is 2.34 bits per heavy atom. The summed E-state index contributed by atoms with van der Waals surface area (Å²) >= 11 is 0. The number of aliphatic hydroxyl groups excluding tert-OH is 1. The van der Waals surface area contributed by atoms with Gasteiger partial charge in [0, 0.05) is 30.3 Å². The van der Waals surface area contributed by atoms with Crippen LogP contribution in [0.15, 0.2) is 18.7 Å². The van der Waals surface area contributed by atoms with Gasteiger partial charge in [0.15, 0.2) is 0 Å². The van der Waals surface area contributed by atoms with E-state index in [1.807, 2.05) is 11.5 Å². The average Bonchev–Trinajstić information content (AvgIpc) is 3.26. The van der Waals surface area contributed by atoms with Crippen LogP contribution < -0.4 is 11.1 Å². The summed E-state index contributed by atoms with van der Waals surface area (Å²) in [6, 6.07) is -0.0957. The minimum atomic E-state index is -4.38. The van der Waals surface area contributed by atoms with Gasteiger partial charge in [-0.25, -0.2) is 4.98 Å². The molecule has 0 aromatic carbocycles. The molecule has 0 aliphatic heterocycles. The number of hydrogen-bond acceptors (Lipinski definition) is 8. The molecule has 0 bridgehead atoms. The van der Waals surface area contributed by atoms with E-state index in [0.717, 1.165) is 0 Å². The van der Waals surface area contributed by atoms with Crippen molar-refractivity contribution in [1.82, 2.24) is 14.9 Å². The molecule has 5 N–H and O–H groups in total. The Morgan fingerprint density at radius 2 is 1.86 bits per heavy atom. The van der Waals surface area contributed by atoms with Gasteiger partial charge in [-0.1, -0.05) is 13.8 Å². The van der Waals surface area contributed by atoms with Crippen LogP contribution in [0, 0.1) is 17.8 Å². The molecule has 1 heterocycles. The second kappa shape index (κ2) is 13.5. The summed E-state index contributed by atoms with van der Waals surface area (Å²) < 4.78 is 38.7. The molecule has 0 fully saturated rings. The maximum atomic E-state index is 13.2. The van der Waals surface area contributed by atoms with Gasteiger partial charge in [-0.05, 0) is 39.5 Å². The number of primary amides is 1. The van der Waals surface area contributed by atoms with Crippen LogP contribution in [0.25, 0.3) is 0 Å². The summed E-state index contributed by atoms with van der Waals surface area (Å²) in [5.74, 6) is -4.87. The standard InChI is InChI=1S/C22H38N4O8S/c1-5-18(26-7-6-24-14-26)12-16(19(23)28)11-17(10-15(2)21(30)34-9-8-27)20(29)25-22(3,4)13-35(31,32)33/h6-7,14-18,27H,5,8-13H2,1-4H3,(H2,23,28)(H,25,29)(H,31,32,33). The molecule has 12 nitrogen and oxygen atoms in total. The first-order valence-corrected chi connectivity index (χ1v) is 13.1. The molecule has 0 spiro atoms. The molecule has 0 aliphatic carbocycles. The van der Waals surface area contributed by atoms with E-state index in [1.165, 1.54) is 13.8 Å². The van der Waals surface area contributed by atoms with Gasteiger partial charge in [-0.3, -0.25) is 18.9 Å². The molecule has 2 amide bonds. The zero-order chi connectivity index (χ0) is 26.8. The van der Waals surface area contributed by atoms with E-state index in [2.05, 4.69) is 10.3 Å². The SMILES string of the molecule is CCC(CC(CC(CC(C)C(=O)OCCO)C(=O)NC(C)(C)CS(=O)(=O)O)C(N)=O)n1ccnc1. The lowest BCUT2D eigenvalue weighted by Crippen LogP contribution is -2.51. The number of nitrogens with one attached hydrogen (secondary N) is 1. The van der Waals surface area contributed by atoms with E-state index in [1.54, 1.807) is 25.6 Å². The monoisotopic (exact) mass is 518 g/mol. The molecule has 1 rings (SSSR count). The van der Waals surface area contributed by atoms with Crippen LogP contribution in [0.1, 0.15) is 59.4 Å². The molecule has 0 saturated carbocycles. The Kier molecular flexibility index (Phi) is 11.8. The highest BCUT2D eigenvalue weighted by Crippen LogP contribution is 2.29. The normalized spacial score (nSPS) is 15.6. The van der Waals surface area contributed by atoms with Crippen LogP contribution in [-0.4, -0.2) is 69.9 Å². The molecule has 1 aromatic heterocycles. The molecular weight excluding hydrogens is 480 g/mol. The maximum Gasteiger partial charge on any atom is 0.308 e. The third kappa shape index (κ3) is 11.2. The summed E-state index contributed by atoms with van der Waals surface area (Å²) in [5.41, 5.74) is 4.37. The van der Waals surface area contributed by atoms with Crippen molar-refractivity contribution in [2.24, 2.45) is 23.5 Å². The topological polar surface area (TPSA) is 191 Å². The summed E-state index contributed by atoms with van der Waals surface area (Å²) in [4.78, 5) is 41.8. The summed E-state index contributed by atoms with van der Waals surface area (Å²) in [7, 11) is -4.38. The zero-order valence-corrected chi connectivity index (χ0v) is 21.5. The first-order valence-electron chi connectivity index (χ1n) is 11.5. The lowest BCUT2D eigenvalue weighted by Gasteiger charge is -2.30. The van der Waals surface area contributed by atoms with Crippen molar-refractivity contribution in [3.63, 3.8) is 0 Å². The van der Waals surface area contributed by atoms with Crippen LogP contribution in [0.5, 0.6) is 0 Å². The number of aromatic nitrogens is 2. The molecule has 35 heavy (non-hydrogen) atoms. The first-order chi connectivity index (χ1) is 16.2. The molecule has 4 atom stereocenters. The molecule has 4 unspecified atom stereocenters. The largest absolute Gasteiger partial charge is 0.463 e. The van der Waals surface area contributed by atoms with Crippen molar-refractivity contribution in [3.8, 4) is 0 Å². The quantitative estimate of drug-likeness (QED) is 0.180. The summed E-state index contributed by atoms with van der Waals surface area (Å²) in [6.07, 6.45) is 6.07. The van der Waals surface area contributed by atoms with Gasteiger partial charge in [0.05, 0.1) is 30.1 Å². The lowest BCUT2D eigenvalue weighted by molar-refractivity contribution is -0.149. The fourth-order valence-corrected chi connectivity index (χ4v) is 5.02. The second-order valence-corrected chi connectivity index (χ2v) is 10.9. The lowest BCUT2D eigenvalue weighted by atomic mass is 9.83. The molecule has 1 aromatic rings. The molecule has 13 heteroatoms. The van der Waals surface area contributed by atoms with Crippen molar-refractivity contribution in [2.75, 3.05) is 19.0 Å². The van der Waals surface area contributed by atoms with Crippen molar-refractivity contribution in [1.29, 1.82) is 0 Å². The Bertz CT molecular complexity index is 933. The Morgan fingerprint density at radius 1 is 1.20 bits per heavy atom. The van der Waals surface area contributed by atoms with Gasteiger partial charge in [0.2, 0.25) is 11.8 Å². The molecule has 0 saturated heterocycles. The van der Waals surface area contributed by atoms with Crippen LogP contribution in [0.2, 0.25) is 0 Å². The number of rotatable bonds is 16. The number of carbonyl (C=O) groups is 3. The number of amides is 2. The number of hydrogen-bond donors (Lipinski definition) is 4. The molecule has 0 radical (unpaired) electrons. The predicted octanol–water partition coefficient (Wildman–Crippen LogP) is 0.676. The number of esters is 1. The van der Waals surface area contributed by atoms with E-state index in [0.29, 0.717) is 12.8 Å². The van der Waals surface area contributed by atoms with Crippen LogP contribution >= 0.6 is 0 Å². The third-order valence-corrected chi connectivity index (χ3v) is 6.78. The number of nitrogens with zero attached hydrogens (tertiary/aromatic N) is 2. The number of nitrogens with two attached hydrogens (primary N) is 1. The summed E-state index contributed by atoms with van der Waals surface area (Å²) in [5, 5.41) is 11.5. The summed E-state index contributed by atoms with van der Waals surface area (Å²) in [6.45, 7) is 5.85. The van der Waals surface area contributed by atoms with Crippen molar-refractivity contribution in [3.05, 3.63) is 18.7 Å². The van der Waals surface area contributed by atoms with Crippen LogP contribution in [-0.2, 0) is 29.2 Å². The predicted molar refractivity (Wildman–Crippen MR) is 127 cm³/mol. The number of imidazole rings is 1. The fraction of sp³-hybridized carbons (Fsp3) is 0.727. The Hall–Kier alpha value is -2.51. The minimum absolute atomic E-state index is 0.00367. The Balaban J connectivity index is 3.13. The highest BCUT2D eigenvalue weighted by atomic mass is 32.2. The first kappa shape index (κ1) is 30.5. The smallest absolute Gasteiger partial charge is 0.308 e. The molecule has 0 aliphatic rings. The number of aliphatic hydroxyl groups is 1. The van der Waals surface area contributed by atoms with Crippen molar-refractivity contribution < 1.29 is 37.2 Å². The van der Waals surface area contributed by atoms with Crippen molar-refractivity contribution >= 4 is 27.9 Å². The third-order valence-electron chi connectivity index (χ3n) is 5.70. The van der Waals surface area contributed by atoms with Gasteiger partial charge in [0.25, 0.3) is 10.1 Å². The van der Waals surface area contributed by atoms with E-state index < -0.39 is 56.9 Å². The maximum absolute atomic E-state index is 13.2. The van der Waals surface area contributed by atoms with Gasteiger partial charge < -0.3 is 25.5 Å². The van der Waals surface area contributed by atoms with Crippen LogP contribution in [0.3, 0.4) is 0 Å². The number of ether oxygens (including phenoxy) is 1. The number of carbonyl (C=O) groups excluding carboxylic acids is 3. The average molecular weight is 519 g/mol. The van der Waals surface area contributed by atoms with Gasteiger partial charge in [0.1, 0.15) is 6.61 Å². The minimum Gasteiger partial charge on any atom is -0.463 e. The molecule has 200 valence electrons. The van der Waals surface area contributed by atoms with Gasteiger partial charge >= 0.3 is 5.97 Å². The fourth-order valence-electron chi connectivity index (χ4n) is 4.03. The highest BCUT2D eigenvalue weighted by Gasteiger charge is 2.35. The van der Waals surface area contributed by atoms with E-state index >= 15 is 0 Å². The highest BCUT2D eigenvalue weighted by molar-refractivity contribution is 7.85. The second-order valence-electron chi connectivity index (χ2n) is 9.47. The molecular formula is C22H38N4O8S. The van der Waals surface area contributed by atoms with Gasteiger partial charge in [-0.2, -0.15) is 8.42 Å². The van der Waals surface area contributed by atoms with E-state index in [-0.39, 0.29) is 32.1 Å². The Labute approximate surface area is 206 Å².